The minimum atomic E-state index is 0. The smallest absolute Gasteiger partial charge is 0.0786 e. The number of rotatable bonds is 1. The molecule has 1 heterocycles. The third kappa shape index (κ3) is 2.42. The molecule has 0 aromatic heterocycles. The summed E-state index contributed by atoms with van der Waals surface area (Å²) in [6.45, 7) is 6.43. The van der Waals surface area contributed by atoms with Crippen molar-refractivity contribution in [2.75, 3.05) is 26.7 Å². The molecular weight excluding hydrogens is 225 g/mol. The second-order valence-corrected chi connectivity index (χ2v) is 3.09. The SMILES string of the molecule is CC[N+]1(C)CCCC1.[I-]. The molecule has 0 amide bonds. The molecule has 0 radical (unpaired) electrons. The van der Waals surface area contributed by atoms with Gasteiger partial charge in [-0.05, 0) is 6.92 Å². The minimum absolute atomic E-state index is 0. The average Bonchev–Trinajstić information content (AvgIpc) is 2.17. The molecule has 1 aliphatic rings. The maximum Gasteiger partial charge on any atom is 0.0786 e. The summed E-state index contributed by atoms with van der Waals surface area (Å²) < 4.78 is 1.32. The lowest BCUT2D eigenvalue weighted by Gasteiger charge is -2.26. The molecule has 0 N–H and O–H groups in total. The number of quaternary nitrogens is 1. The van der Waals surface area contributed by atoms with Crippen molar-refractivity contribution in [2.45, 2.75) is 19.8 Å². The number of halogens is 1. The Kier molecular flexibility index (Phi) is 4.05. The summed E-state index contributed by atoms with van der Waals surface area (Å²) >= 11 is 0. The molecule has 0 aliphatic carbocycles. The van der Waals surface area contributed by atoms with E-state index < -0.39 is 0 Å². The van der Waals surface area contributed by atoms with Gasteiger partial charge >= 0.3 is 0 Å². The molecular formula is C7H16IN. The standard InChI is InChI=1S/C7H16N.HI/c1-3-8(2)6-4-5-7-8;/h3-7H2,1-2H3;1H/q+1;/p-1. The predicted molar refractivity (Wildman–Crippen MR) is 35.7 cm³/mol. The van der Waals surface area contributed by atoms with Crippen LogP contribution in [0.25, 0.3) is 0 Å². The molecule has 0 bridgehead atoms. The Bertz CT molecular complexity index is 77.0. The third-order valence-electron chi connectivity index (χ3n) is 2.41. The molecule has 2 heteroatoms. The quantitative estimate of drug-likeness (QED) is 0.377. The van der Waals surface area contributed by atoms with E-state index in [0.717, 1.165) is 0 Å². The first-order valence-electron chi connectivity index (χ1n) is 3.60. The van der Waals surface area contributed by atoms with Crippen molar-refractivity contribution in [3.63, 3.8) is 0 Å². The van der Waals surface area contributed by atoms with Crippen molar-refractivity contribution >= 4 is 0 Å². The summed E-state index contributed by atoms with van der Waals surface area (Å²) in [5, 5.41) is 0. The average molecular weight is 241 g/mol. The number of nitrogens with zero attached hydrogens (tertiary/aromatic N) is 1. The second-order valence-electron chi connectivity index (χ2n) is 3.09. The van der Waals surface area contributed by atoms with Crippen LogP contribution < -0.4 is 24.0 Å². The monoisotopic (exact) mass is 241 g/mol. The molecule has 1 nitrogen and oxygen atoms in total. The molecule has 56 valence electrons. The van der Waals surface area contributed by atoms with E-state index in [9.17, 15) is 0 Å². The Balaban J connectivity index is 0.000000640. The normalized spacial score (nSPS) is 23.3. The minimum Gasteiger partial charge on any atom is -1.00 e. The summed E-state index contributed by atoms with van der Waals surface area (Å²) in [7, 11) is 2.35. The van der Waals surface area contributed by atoms with Gasteiger partial charge in [-0.3, -0.25) is 0 Å². The first kappa shape index (κ1) is 9.69. The van der Waals surface area contributed by atoms with Gasteiger partial charge < -0.3 is 28.5 Å². The Hall–Kier alpha value is 0.690. The lowest BCUT2D eigenvalue weighted by atomic mass is 10.4. The van der Waals surface area contributed by atoms with Crippen molar-refractivity contribution in [3.05, 3.63) is 0 Å². The van der Waals surface area contributed by atoms with Crippen LogP contribution in [0.1, 0.15) is 19.8 Å². The molecule has 9 heavy (non-hydrogen) atoms. The fourth-order valence-electron chi connectivity index (χ4n) is 1.42. The molecule has 1 rings (SSSR count). The van der Waals surface area contributed by atoms with E-state index in [1.807, 2.05) is 0 Å². The summed E-state index contributed by atoms with van der Waals surface area (Å²) in [6, 6.07) is 0. The van der Waals surface area contributed by atoms with Crippen molar-refractivity contribution < 1.29 is 28.5 Å². The van der Waals surface area contributed by atoms with Crippen LogP contribution in [0.3, 0.4) is 0 Å². The van der Waals surface area contributed by atoms with Crippen LogP contribution >= 0.6 is 0 Å². The van der Waals surface area contributed by atoms with Crippen molar-refractivity contribution in [2.24, 2.45) is 0 Å². The van der Waals surface area contributed by atoms with Gasteiger partial charge in [0.25, 0.3) is 0 Å². The molecule has 1 saturated heterocycles. The summed E-state index contributed by atoms with van der Waals surface area (Å²) in [5.74, 6) is 0. The zero-order valence-corrected chi connectivity index (χ0v) is 8.52. The molecule has 0 aromatic carbocycles. The van der Waals surface area contributed by atoms with Crippen molar-refractivity contribution in [1.82, 2.24) is 0 Å². The lowest BCUT2D eigenvalue weighted by molar-refractivity contribution is -0.895. The maximum absolute atomic E-state index is 2.35. The van der Waals surface area contributed by atoms with E-state index in [1.165, 1.54) is 37.0 Å². The molecule has 0 saturated carbocycles. The van der Waals surface area contributed by atoms with E-state index in [1.54, 1.807) is 0 Å². The van der Waals surface area contributed by atoms with Crippen LogP contribution in [0, 0.1) is 0 Å². The summed E-state index contributed by atoms with van der Waals surface area (Å²) in [5.41, 5.74) is 0. The van der Waals surface area contributed by atoms with Crippen molar-refractivity contribution in [3.8, 4) is 0 Å². The zero-order valence-electron chi connectivity index (χ0n) is 6.36. The first-order chi connectivity index (χ1) is 3.77. The van der Waals surface area contributed by atoms with Crippen LogP contribution in [0.15, 0.2) is 0 Å². The zero-order chi connectivity index (χ0) is 6.04. The van der Waals surface area contributed by atoms with E-state index >= 15 is 0 Å². The summed E-state index contributed by atoms with van der Waals surface area (Å²) in [6.07, 6.45) is 2.90. The number of likely N-dealkylation sites (tertiary alicyclic amines) is 1. The van der Waals surface area contributed by atoms with Gasteiger partial charge in [-0.2, -0.15) is 0 Å². The second kappa shape index (κ2) is 3.76. The molecule has 0 atom stereocenters. The Morgan fingerprint density at radius 2 is 1.67 bits per heavy atom. The van der Waals surface area contributed by atoms with Crippen LogP contribution in [0.5, 0.6) is 0 Å². The highest BCUT2D eigenvalue weighted by Crippen LogP contribution is 2.14. The highest BCUT2D eigenvalue weighted by atomic mass is 127. The van der Waals surface area contributed by atoms with Gasteiger partial charge in [0, 0.05) is 12.8 Å². The van der Waals surface area contributed by atoms with Gasteiger partial charge in [-0.25, -0.2) is 0 Å². The van der Waals surface area contributed by atoms with Crippen LogP contribution in [-0.4, -0.2) is 31.2 Å². The van der Waals surface area contributed by atoms with E-state index in [-0.39, 0.29) is 24.0 Å². The molecule has 0 unspecified atom stereocenters. The summed E-state index contributed by atoms with van der Waals surface area (Å²) in [4.78, 5) is 0. The third-order valence-corrected chi connectivity index (χ3v) is 2.41. The molecule has 0 spiro atoms. The Morgan fingerprint density at radius 1 is 1.22 bits per heavy atom. The first-order valence-corrected chi connectivity index (χ1v) is 3.60. The van der Waals surface area contributed by atoms with Crippen LogP contribution in [-0.2, 0) is 0 Å². The van der Waals surface area contributed by atoms with Crippen LogP contribution in [0.2, 0.25) is 0 Å². The van der Waals surface area contributed by atoms with Crippen molar-refractivity contribution in [1.29, 1.82) is 0 Å². The van der Waals surface area contributed by atoms with E-state index in [4.69, 9.17) is 0 Å². The number of hydrogen-bond acceptors (Lipinski definition) is 0. The largest absolute Gasteiger partial charge is 1.00 e. The maximum atomic E-state index is 2.35. The predicted octanol–water partition coefficient (Wildman–Crippen LogP) is -1.75. The van der Waals surface area contributed by atoms with E-state index in [2.05, 4.69) is 14.0 Å². The van der Waals surface area contributed by atoms with Gasteiger partial charge in [-0.15, -0.1) is 0 Å². The van der Waals surface area contributed by atoms with Gasteiger partial charge in [-0.1, -0.05) is 0 Å². The molecule has 0 aromatic rings. The highest BCUT2D eigenvalue weighted by molar-refractivity contribution is 4.49. The Morgan fingerprint density at radius 3 is 1.89 bits per heavy atom. The van der Waals surface area contributed by atoms with E-state index in [0.29, 0.717) is 0 Å². The number of hydrogen-bond donors (Lipinski definition) is 0. The van der Waals surface area contributed by atoms with Gasteiger partial charge in [0.2, 0.25) is 0 Å². The fraction of sp³-hybridized carbons (Fsp3) is 1.00. The van der Waals surface area contributed by atoms with Gasteiger partial charge in [0.15, 0.2) is 0 Å². The molecule has 1 aliphatic heterocycles. The van der Waals surface area contributed by atoms with Gasteiger partial charge in [0.05, 0.1) is 26.7 Å². The van der Waals surface area contributed by atoms with Gasteiger partial charge in [0.1, 0.15) is 0 Å². The highest BCUT2D eigenvalue weighted by Gasteiger charge is 2.23. The fourth-order valence-corrected chi connectivity index (χ4v) is 1.42. The topological polar surface area (TPSA) is 0 Å². The Labute approximate surface area is 75.0 Å². The van der Waals surface area contributed by atoms with Crippen LogP contribution in [0.4, 0.5) is 0 Å². The lowest BCUT2D eigenvalue weighted by Crippen LogP contribution is -3.00. The molecule has 1 fully saturated rings.